The molecule has 2 fully saturated rings. The van der Waals surface area contributed by atoms with Gasteiger partial charge in [0.25, 0.3) is 0 Å². The second-order valence-corrected chi connectivity index (χ2v) is 7.41. The summed E-state index contributed by atoms with van der Waals surface area (Å²) in [5, 5.41) is 12.4. The van der Waals surface area contributed by atoms with Crippen LogP contribution in [0, 0.1) is 11.8 Å². The molecule has 2 amide bonds. The first-order valence-electron chi connectivity index (χ1n) is 8.82. The SMILES string of the molecule is CC(CCc1ccccc1)(NC(=O)N1C[C@H]2CCC[C@H]2C1)C(=O)O. The van der Waals surface area contributed by atoms with Gasteiger partial charge in [-0.05, 0) is 50.0 Å². The van der Waals surface area contributed by atoms with Crippen LogP contribution >= 0.6 is 0 Å². The Hall–Kier alpha value is -2.04. The molecule has 1 saturated heterocycles. The Balaban J connectivity index is 1.60. The van der Waals surface area contributed by atoms with Crippen molar-refractivity contribution in [2.24, 2.45) is 11.8 Å². The number of likely N-dealkylation sites (tertiary alicyclic amines) is 1. The maximum Gasteiger partial charge on any atom is 0.329 e. The summed E-state index contributed by atoms with van der Waals surface area (Å²) in [4.78, 5) is 26.1. The molecule has 0 aromatic heterocycles. The molecule has 1 saturated carbocycles. The topological polar surface area (TPSA) is 69.6 Å². The Morgan fingerprint density at radius 1 is 1.21 bits per heavy atom. The first kappa shape index (κ1) is 16.8. The minimum Gasteiger partial charge on any atom is -0.480 e. The highest BCUT2D eigenvalue weighted by atomic mass is 16.4. The molecule has 1 aliphatic carbocycles. The Kier molecular flexibility index (Phi) is 4.78. The van der Waals surface area contributed by atoms with Crippen LogP contribution < -0.4 is 5.32 Å². The molecule has 5 nitrogen and oxygen atoms in total. The Bertz CT molecular complexity index is 592. The fourth-order valence-corrected chi connectivity index (χ4v) is 3.98. The number of carboxylic acid groups (broad SMARTS) is 1. The lowest BCUT2D eigenvalue weighted by molar-refractivity contribution is -0.144. The minimum atomic E-state index is -1.25. The Morgan fingerprint density at radius 3 is 2.42 bits per heavy atom. The lowest BCUT2D eigenvalue weighted by Gasteiger charge is -2.29. The number of aryl methyl sites for hydroxylation is 1. The molecular formula is C19H26N2O3. The second-order valence-electron chi connectivity index (χ2n) is 7.41. The summed E-state index contributed by atoms with van der Waals surface area (Å²) in [6.07, 6.45) is 4.64. The number of carboxylic acids is 1. The number of aliphatic carboxylic acids is 1. The van der Waals surface area contributed by atoms with Gasteiger partial charge in [-0.2, -0.15) is 0 Å². The van der Waals surface area contributed by atoms with Crippen LogP contribution in [0.5, 0.6) is 0 Å². The van der Waals surface area contributed by atoms with E-state index >= 15 is 0 Å². The summed E-state index contributed by atoms with van der Waals surface area (Å²) < 4.78 is 0. The lowest BCUT2D eigenvalue weighted by atomic mass is 9.93. The van der Waals surface area contributed by atoms with Crippen LogP contribution in [0.15, 0.2) is 30.3 Å². The van der Waals surface area contributed by atoms with Gasteiger partial charge >= 0.3 is 12.0 Å². The standard InChI is InChI=1S/C19H26N2O3/c1-19(17(22)23,11-10-14-6-3-2-4-7-14)20-18(24)21-12-15-8-5-9-16(15)13-21/h2-4,6-7,15-16H,5,8-13H2,1H3,(H,20,24)(H,22,23)/t15-,16+,19?. The third-order valence-corrected chi connectivity index (χ3v) is 5.62. The molecular weight excluding hydrogens is 304 g/mol. The number of fused-ring (bicyclic) bond motifs is 1. The van der Waals surface area contributed by atoms with Gasteiger partial charge in [0, 0.05) is 13.1 Å². The second kappa shape index (κ2) is 6.83. The van der Waals surface area contributed by atoms with Crippen molar-refractivity contribution in [3.05, 3.63) is 35.9 Å². The highest BCUT2D eigenvalue weighted by Gasteiger charge is 2.41. The molecule has 1 aromatic carbocycles. The van der Waals surface area contributed by atoms with Gasteiger partial charge in [-0.3, -0.25) is 0 Å². The average molecular weight is 330 g/mol. The van der Waals surface area contributed by atoms with Crippen LogP contribution in [0.2, 0.25) is 0 Å². The zero-order chi connectivity index (χ0) is 17.2. The number of nitrogens with zero attached hydrogens (tertiary/aromatic N) is 1. The van der Waals surface area contributed by atoms with E-state index in [-0.39, 0.29) is 6.03 Å². The van der Waals surface area contributed by atoms with Crippen LogP contribution in [0.3, 0.4) is 0 Å². The Labute approximate surface area is 143 Å². The number of benzene rings is 1. The molecule has 5 heteroatoms. The molecule has 1 aliphatic heterocycles. The van der Waals surface area contributed by atoms with Crippen molar-refractivity contribution in [1.29, 1.82) is 0 Å². The maximum atomic E-state index is 12.6. The number of carbonyl (C=O) groups excluding carboxylic acids is 1. The predicted molar refractivity (Wildman–Crippen MR) is 91.7 cm³/mol. The van der Waals surface area contributed by atoms with Crippen molar-refractivity contribution >= 4 is 12.0 Å². The van der Waals surface area contributed by atoms with E-state index in [2.05, 4.69) is 5.32 Å². The molecule has 3 atom stereocenters. The highest BCUT2D eigenvalue weighted by molar-refractivity contribution is 5.86. The summed E-state index contributed by atoms with van der Waals surface area (Å²) in [5.74, 6) is 0.235. The summed E-state index contributed by atoms with van der Waals surface area (Å²) >= 11 is 0. The summed E-state index contributed by atoms with van der Waals surface area (Å²) in [6.45, 7) is 3.14. The van der Waals surface area contributed by atoms with Crippen LogP contribution in [0.1, 0.15) is 38.2 Å². The quantitative estimate of drug-likeness (QED) is 0.872. The van der Waals surface area contributed by atoms with Crippen LogP contribution in [0.25, 0.3) is 0 Å². The van der Waals surface area contributed by atoms with Gasteiger partial charge < -0.3 is 15.3 Å². The van der Waals surface area contributed by atoms with Crippen molar-refractivity contribution in [1.82, 2.24) is 10.2 Å². The van der Waals surface area contributed by atoms with E-state index in [4.69, 9.17) is 0 Å². The molecule has 0 radical (unpaired) electrons. The molecule has 1 unspecified atom stereocenters. The number of hydrogen-bond donors (Lipinski definition) is 2. The average Bonchev–Trinajstić information content (AvgIpc) is 3.15. The van der Waals surface area contributed by atoms with Gasteiger partial charge in [0.1, 0.15) is 5.54 Å². The first-order chi connectivity index (χ1) is 11.5. The molecule has 1 aromatic rings. The third-order valence-electron chi connectivity index (χ3n) is 5.62. The number of hydrogen-bond acceptors (Lipinski definition) is 2. The van der Waals surface area contributed by atoms with E-state index in [9.17, 15) is 14.7 Å². The Morgan fingerprint density at radius 2 is 1.83 bits per heavy atom. The molecule has 130 valence electrons. The molecule has 0 spiro atoms. The number of amides is 2. The van der Waals surface area contributed by atoms with E-state index in [1.165, 1.54) is 19.3 Å². The van der Waals surface area contributed by atoms with E-state index in [1.54, 1.807) is 11.8 Å². The predicted octanol–water partition coefficient (Wildman–Crippen LogP) is 2.90. The number of rotatable bonds is 5. The van der Waals surface area contributed by atoms with Gasteiger partial charge in [0.15, 0.2) is 0 Å². The molecule has 2 aliphatic rings. The normalized spacial score (nSPS) is 25.1. The van der Waals surface area contributed by atoms with Gasteiger partial charge in [-0.1, -0.05) is 36.8 Å². The van der Waals surface area contributed by atoms with E-state index < -0.39 is 11.5 Å². The van der Waals surface area contributed by atoms with E-state index in [0.717, 1.165) is 18.7 Å². The summed E-state index contributed by atoms with van der Waals surface area (Å²) in [6, 6.07) is 9.54. The molecule has 3 rings (SSSR count). The zero-order valence-electron chi connectivity index (χ0n) is 14.2. The molecule has 24 heavy (non-hydrogen) atoms. The van der Waals surface area contributed by atoms with Crippen LogP contribution in [-0.2, 0) is 11.2 Å². The molecule has 0 bridgehead atoms. The monoisotopic (exact) mass is 330 g/mol. The minimum absolute atomic E-state index is 0.234. The van der Waals surface area contributed by atoms with E-state index in [1.807, 2.05) is 30.3 Å². The zero-order valence-corrected chi connectivity index (χ0v) is 14.2. The van der Waals surface area contributed by atoms with Crippen LogP contribution in [0.4, 0.5) is 4.79 Å². The van der Waals surface area contributed by atoms with Gasteiger partial charge in [-0.25, -0.2) is 9.59 Å². The third kappa shape index (κ3) is 3.55. The van der Waals surface area contributed by atoms with Crippen molar-refractivity contribution in [2.75, 3.05) is 13.1 Å². The van der Waals surface area contributed by atoms with E-state index in [0.29, 0.717) is 24.7 Å². The smallest absolute Gasteiger partial charge is 0.329 e. The fourth-order valence-electron chi connectivity index (χ4n) is 3.98. The van der Waals surface area contributed by atoms with Gasteiger partial charge in [-0.15, -0.1) is 0 Å². The van der Waals surface area contributed by atoms with Crippen molar-refractivity contribution in [3.63, 3.8) is 0 Å². The number of carbonyl (C=O) groups is 2. The largest absolute Gasteiger partial charge is 0.480 e. The summed E-state index contributed by atoms with van der Waals surface area (Å²) in [5.41, 5.74) is -0.167. The highest BCUT2D eigenvalue weighted by Crippen LogP contribution is 2.37. The fraction of sp³-hybridized carbons (Fsp3) is 0.579. The van der Waals surface area contributed by atoms with Gasteiger partial charge in [0.2, 0.25) is 0 Å². The molecule has 1 heterocycles. The maximum absolute atomic E-state index is 12.6. The van der Waals surface area contributed by atoms with Gasteiger partial charge in [0.05, 0.1) is 0 Å². The van der Waals surface area contributed by atoms with Crippen molar-refractivity contribution < 1.29 is 14.7 Å². The molecule has 2 N–H and O–H groups in total. The first-order valence-corrected chi connectivity index (χ1v) is 8.82. The summed E-state index contributed by atoms with van der Waals surface area (Å²) in [7, 11) is 0. The lowest BCUT2D eigenvalue weighted by Crippen LogP contribution is -2.56. The van der Waals surface area contributed by atoms with Crippen molar-refractivity contribution in [2.45, 2.75) is 44.6 Å². The number of nitrogens with one attached hydrogen (secondary N) is 1. The number of urea groups is 1. The van der Waals surface area contributed by atoms with Crippen molar-refractivity contribution in [3.8, 4) is 0 Å². The van der Waals surface area contributed by atoms with Crippen LogP contribution in [-0.4, -0.2) is 40.6 Å².